The molecule has 0 radical (unpaired) electrons. The molecule has 0 aromatic carbocycles. The predicted octanol–water partition coefficient (Wildman–Crippen LogP) is -1.41. The molecule has 2 aliphatic rings. The zero-order valence-electron chi connectivity index (χ0n) is 7.12. The maximum Gasteiger partial charge on any atom is 1.00 e. The van der Waals surface area contributed by atoms with Gasteiger partial charge in [0, 0.05) is 0 Å². The van der Waals surface area contributed by atoms with Crippen LogP contribution in [0.5, 0.6) is 0 Å². The summed E-state index contributed by atoms with van der Waals surface area (Å²) in [5, 5.41) is 1.77. The third-order valence-electron chi connectivity index (χ3n) is 3.09. The Morgan fingerprint density at radius 2 is 2.00 bits per heavy atom. The second-order valence-electron chi connectivity index (χ2n) is 3.66. The van der Waals surface area contributed by atoms with Crippen LogP contribution in [-0.2, 0) is 0 Å². The van der Waals surface area contributed by atoms with Gasteiger partial charge in [0.05, 0.1) is 0 Å². The molecule has 1 nitrogen and oxygen atoms in total. The molecule has 2 fully saturated rings. The summed E-state index contributed by atoms with van der Waals surface area (Å²) in [5.41, 5.74) is 0. The fourth-order valence-electron chi connectivity index (χ4n) is 2.14. The Balaban J connectivity index is 0.000000720. The molecular weight excluding hydrogens is 193 g/mol. The Bertz CT molecular complexity index is 186. The van der Waals surface area contributed by atoms with E-state index < -0.39 is 12.3 Å². The summed E-state index contributed by atoms with van der Waals surface area (Å²) in [5.74, 6) is -0.101. The van der Waals surface area contributed by atoms with Crippen LogP contribution in [0.1, 0.15) is 12.8 Å². The van der Waals surface area contributed by atoms with Gasteiger partial charge in [-0.05, 0) is 19.0 Å². The number of piperidine rings is 1. The van der Waals surface area contributed by atoms with Crippen LogP contribution in [0.25, 0.3) is 0 Å². The van der Waals surface area contributed by atoms with Gasteiger partial charge in [-0.25, -0.2) is 0 Å². The Labute approximate surface area is 112 Å². The van der Waals surface area contributed by atoms with E-state index in [4.69, 9.17) is 0 Å². The molecule has 64 valence electrons. The van der Waals surface area contributed by atoms with E-state index in [1.54, 1.807) is 0 Å². The summed E-state index contributed by atoms with van der Waals surface area (Å²) in [6.07, 6.45) is 0.685. The molecule has 1 saturated carbocycles. The van der Waals surface area contributed by atoms with E-state index in [0.717, 1.165) is 0 Å². The monoisotopic (exact) mass is 203 g/mol. The number of hydrogen-bond acceptors (Lipinski definition) is 1. The minimum Gasteiger partial charge on any atom is -0.449 e. The molecule has 0 aromatic rings. The number of fused-ring (bicyclic) bond motifs is 1. The van der Waals surface area contributed by atoms with Gasteiger partial charge < -0.3 is 18.3 Å². The van der Waals surface area contributed by atoms with Crippen LogP contribution in [0.4, 0.5) is 12.9 Å². The van der Waals surface area contributed by atoms with Crippen molar-refractivity contribution < 1.29 is 64.3 Å². The van der Waals surface area contributed by atoms with E-state index in [1.165, 1.54) is 0 Å². The topological polar surface area (TPSA) is 12.0 Å². The molecular formula is C6H10BF3KN. The normalized spacial score (nSPS) is 39.8. The summed E-state index contributed by atoms with van der Waals surface area (Å²) in [7, 11) is 0. The van der Waals surface area contributed by atoms with E-state index >= 15 is 0 Å². The fourth-order valence-corrected chi connectivity index (χ4v) is 2.14. The molecule has 0 amide bonds. The number of hydrogen-bond donors (Lipinski definition) is 1. The van der Waals surface area contributed by atoms with E-state index in [9.17, 15) is 12.9 Å². The Morgan fingerprint density at radius 1 is 1.33 bits per heavy atom. The van der Waals surface area contributed by atoms with E-state index in [1.807, 2.05) is 0 Å². The van der Waals surface area contributed by atoms with Crippen LogP contribution in [0.2, 0.25) is 5.31 Å². The molecule has 0 aromatic heterocycles. The zero-order chi connectivity index (χ0) is 8.11. The van der Waals surface area contributed by atoms with Crippen LogP contribution in [0, 0.1) is 5.92 Å². The van der Waals surface area contributed by atoms with Gasteiger partial charge >= 0.3 is 58.4 Å². The van der Waals surface area contributed by atoms with Crippen LogP contribution < -0.4 is 56.7 Å². The third kappa shape index (κ3) is 1.66. The molecule has 0 bridgehead atoms. The van der Waals surface area contributed by atoms with Gasteiger partial charge in [0.1, 0.15) is 0 Å². The first-order valence-electron chi connectivity index (χ1n) is 3.96. The number of halogens is 3. The van der Waals surface area contributed by atoms with Gasteiger partial charge in [-0.15, -0.1) is 0 Å². The molecule has 2 rings (SSSR count). The van der Waals surface area contributed by atoms with Crippen LogP contribution >= 0.6 is 0 Å². The first kappa shape index (κ1) is 11.5. The van der Waals surface area contributed by atoms with Crippen molar-refractivity contribution in [1.82, 2.24) is 5.32 Å². The summed E-state index contributed by atoms with van der Waals surface area (Å²) in [6, 6.07) is 0. The molecule has 0 spiro atoms. The molecule has 12 heavy (non-hydrogen) atoms. The van der Waals surface area contributed by atoms with Crippen LogP contribution in [0.3, 0.4) is 0 Å². The zero-order valence-corrected chi connectivity index (χ0v) is 10.2. The van der Waals surface area contributed by atoms with Gasteiger partial charge in [-0.3, -0.25) is 0 Å². The molecule has 1 heterocycles. The second kappa shape index (κ2) is 3.55. The van der Waals surface area contributed by atoms with Crippen LogP contribution in [0.15, 0.2) is 0 Å². The number of rotatable bonds is 1. The van der Waals surface area contributed by atoms with E-state index in [-0.39, 0.29) is 57.3 Å². The molecule has 2 atom stereocenters. The summed E-state index contributed by atoms with van der Waals surface area (Å²) >= 11 is 0. The quantitative estimate of drug-likeness (QED) is 0.516. The van der Waals surface area contributed by atoms with Gasteiger partial charge in [0.2, 0.25) is 0 Å². The average molecular weight is 203 g/mol. The van der Waals surface area contributed by atoms with Crippen molar-refractivity contribution in [1.29, 1.82) is 0 Å². The average Bonchev–Trinajstić information content (AvgIpc) is 2.59. The van der Waals surface area contributed by atoms with Crippen molar-refractivity contribution in [2.45, 2.75) is 18.2 Å². The SMILES string of the molecule is F[B-](F)(F)C12CCNCC1C2.[K+]. The predicted molar refractivity (Wildman–Crippen MR) is 37.4 cm³/mol. The molecule has 1 aliphatic heterocycles. The molecule has 1 saturated heterocycles. The summed E-state index contributed by atoms with van der Waals surface area (Å²) in [6.45, 7) is -3.47. The van der Waals surface area contributed by atoms with E-state index in [0.29, 0.717) is 25.9 Å². The minimum absolute atomic E-state index is 0. The maximum atomic E-state index is 12.4. The Hall–Kier alpha value is 1.45. The first-order valence-corrected chi connectivity index (χ1v) is 3.96. The molecule has 2 unspecified atom stereocenters. The molecule has 1 aliphatic carbocycles. The number of nitrogens with one attached hydrogen (secondary N) is 1. The standard InChI is InChI=1S/C6H10BF3N.K/c8-7(9,10)6-1-2-11-4-5(6)3-6;/h5,11H,1-4H2;/q-1;+1. The Kier molecular flexibility index (Phi) is 3.41. The third-order valence-corrected chi connectivity index (χ3v) is 3.09. The maximum absolute atomic E-state index is 12.4. The van der Waals surface area contributed by atoms with Gasteiger partial charge in [0.15, 0.2) is 0 Å². The second-order valence-corrected chi connectivity index (χ2v) is 3.66. The molecule has 1 N–H and O–H groups in total. The van der Waals surface area contributed by atoms with Crippen LogP contribution in [-0.4, -0.2) is 20.1 Å². The minimum atomic E-state index is -4.58. The largest absolute Gasteiger partial charge is 1.00 e. The summed E-state index contributed by atoms with van der Waals surface area (Å²) in [4.78, 5) is 0. The van der Waals surface area contributed by atoms with Crippen molar-refractivity contribution in [2.24, 2.45) is 5.92 Å². The van der Waals surface area contributed by atoms with Crippen molar-refractivity contribution in [2.75, 3.05) is 13.1 Å². The van der Waals surface area contributed by atoms with Crippen molar-refractivity contribution in [3.05, 3.63) is 0 Å². The van der Waals surface area contributed by atoms with Gasteiger partial charge in [-0.2, -0.15) is 0 Å². The van der Waals surface area contributed by atoms with E-state index in [2.05, 4.69) is 5.32 Å². The smallest absolute Gasteiger partial charge is 0.449 e. The molecule has 6 heteroatoms. The summed E-state index contributed by atoms with van der Waals surface area (Å²) < 4.78 is 37.2. The van der Waals surface area contributed by atoms with Gasteiger partial charge in [0.25, 0.3) is 0 Å². The Morgan fingerprint density at radius 3 is 2.42 bits per heavy atom. The first-order chi connectivity index (χ1) is 5.06. The van der Waals surface area contributed by atoms with Crippen molar-refractivity contribution in [3.63, 3.8) is 0 Å². The van der Waals surface area contributed by atoms with Gasteiger partial charge in [-0.1, -0.05) is 18.2 Å². The van der Waals surface area contributed by atoms with Crippen molar-refractivity contribution in [3.8, 4) is 0 Å². The van der Waals surface area contributed by atoms with Crippen molar-refractivity contribution >= 4 is 6.98 Å². The fraction of sp³-hybridized carbons (Fsp3) is 1.00.